The Morgan fingerprint density at radius 1 is 1.29 bits per heavy atom. The second kappa shape index (κ2) is 7.58. The third-order valence-corrected chi connectivity index (χ3v) is 3.72. The summed E-state index contributed by atoms with van der Waals surface area (Å²) >= 11 is 1.54. The summed E-state index contributed by atoms with van der Waals surface area (Å²) < 4.78 is 12.8. The standard InChI is InChI=1S/C16H15FN2OS/c17-14-5-3-12(4-6-14)10-16(20)19-11-15-13(2-1-8-18)7-9-21-15/h3-7,9H,8,10-11,18H2,(H,19,20). The van der Waals surface area contributed by atoms with Crippen LogP contribution in [-0.4, -0.2) is 12.5 Å². The van der Waals surface area contributed by atoms with Gasteiger partial charge in [-0.2, -0.15) is 0 Å². The van der Waals surface area contributed by atoms with Crippen LogP contribution >= 0.6 is 11.3 Å². The fraction of sp³-hybridized carbons (Fsp3) is 0.188. The number of nitrogens with two attached hydrogens (primary N) is 1. The number of halogens is 1. The molecule has 0 spiro atoms. The molecule has 108 valence electrons. The lowest BCUT2D eigenvalue weighted by molar-refractivity contribution is -0.120. The van der Waals surface area contributed by atoms with Crippen LogP contribution in [0, 0.1) is 17.7 Å². The fourth-order valence-electron chi connectivity index (χ4n) is 1.76. The van der Waals surface area contributed by atoms with E-state index in [9.17, 15) is 9.18 Å². The first-order valence-corrected chi connectivity index (χ1v) is 7.33. The molecular weight excluding hydrogens is 287 g/mol. The summed E-state index contributed by atoms with van der Waals surface area (Å²) in [5, 5.41) is 4.78. The summed E-state index contributed by atoms with van der Waals surface area (Å²) in [6.07, 6.45) is 0.232. The monoisotopic (exact) mass is 302 g/mol. The van der Waals surface area contributed by atoms with Crippen molar-refractivity contribution in [3.05, 3.63) is 57.5 Å². The molecule has 0 aliphatic carbocycles. The first-order valence-electron chi connectivity index (χ1n) is 6.45. The van der Waals surface area contributed by atoms with Crippen molar-refractivity contribution < 1.29 is 9.18 Å². The maximum Gasteiger partial charge on any atom is 0.224 e. The minimum atomic E-state index is -0.305. The summed E-state index contributed by atoms with van der Waals surface area (Å²) in [7, 11) is 0. The second-order valence-corrected chi connectivity index (χ2v) is 5.34. The highest BCUT2D eigenvalue weighted by Gasteiger charge is 2.06. The zero-order valence-corrected chi connectivity index (χ0v) is 12.2. The highest BCUT2D eigenvalue weighted by Crippen LogP contribution is 2.15. The zero-order chi connectivity index (χ0) is 15.1. The summed E-state index contributed by atoms with van der Waals surface area (Å²) in [6, 6.07) is 7.83. The number of nitrogens with one attached hydrogen (secondary N) is 1. The van der Waals surface area contributed by atoms with E-state index in [1.165, 1.54) is 12.1 Å². The molecule has 1 aromatic carbocycles. The van der Waals surface area contributed by atoms with E-state index < -0.39 is 0 Å². The molecule has 1 amide bonds. The van der Waals surface area contributed by atoms with Crippen LogP contribution in [0.4, 0.5) is 4.39 Å². The highest BCUT2D eigenvalue weighted by molar-refractivity contribution is 7.10. The molecule has 0 radical (unpaired) electrons. The molecule has 5 heteroatoms. The molecule has 0 saturated carbocycles. The molecule has 0 aliphatic heterocycles. The van der Waals surface area contributed by atoms with Crippen molar-refractivity contribution in [1.82, 2.24) is 5.32 Å². The van der Waals surface area contributed by atoms with Gasteiger partial charge in [0.2, 0.25) is 5.91 Å². The van der Waals surface area contributed by atoms with Crippen molar-refractivity contribution in [3.8, 4) is 11.8 Å². The molecule has 21 heavy (non-hydrogen) atoms. The highest BCUT2D eigenvalue weighted by atomic mass is 32.1. The number of hydrogen-bond acceptors (Lipinski definition) is 3. The molecule has 0 aliphatic rings. The van der Waals surface area contributed by atoms with Gasteiger partial charge in [-0.25, -0.2) is 4.39 Å². The average molecular weight is 302 g/mol. The van der Waals surface area contributed by atoms with E-state index in [4.69, 9.17) is 5.73 Å². The van der Waals surface area contributed by atoms with Crippen molar-refractivity contribution in [3.63, 3.8) is 0 Å². The summed E-state index contributed by atoms with van der Waals surface area (Å²) in [5.41, 5.74) is 7.02. The Morgan fingerprint density at radius 3 is 2.76 bits per heavy atom. The van der Waals surface area contributed by atoms with Gasteiger partial charge < -0.3 is 11.1 Å². The largest absolute Gasteiger partial charge is 0.351 e. The number of thiophene rings is 1. The summed E-state index contributed by atoms with van der Waals surface area (Å²) in [6.45, 7) is 0.749. The quantitative estimate of drug-likeness (QED) is 0.849. The van der Waals surface area contributed by atoms with Crippen molar-refractivity contribution >= 4 is 17.2 Å². The maximum atomic E-state index is 12.8. The van der Waals surface area contributed by atoms with E-state index in [0.29, 0.717) is 13.1 Å². The van der Waals surface area contributed by atoms with Gasteiger partial charge in [0.05, 0.1) is 19.5 Å². The van der Waals surface area contributed by atoms with Crippen molar-refractivity contribution in [2.24, 2.45) is 5.73 Å². The molecule has 1 heterocycles. The molecule has 3 N–H and O–H groups in total. The predicted molar refractivity (Wildman–Crippen MR) is 82.2 cm³/mol. The topological polar surface area (TPSA) is 55.1 Å². The van der Waals surface area contributed by atoms with Crippen LogP contribution in [0.3, 0.4) is 0 Å². The van der Waals surface area contributed by atoms with Gasteiger partial charge >= 0.3 is 0 Å². The Hall–Kier alpha value is -2.16. The van der Waals surface area contributed by atoms with Gasteiger partial charge in [-0.1, -0.05) is 24.0 Å². The van der Waals surface area contributed by atoms with Crippen LogP contribution in [0.15, 0.2) is 35.7 Å². The van der Waals surface area contributed by atoms with E-state index in [-0.39, 0.29) is 18.1 Å². The normalized spacial score (nSPS) is 9.81. The van der Waals surface area contributed by atoms with Crippen LogP contribution < -0.4 is 11.1 Å². The number of carbonyl (C=O) groups excluding carboxylic acids is 1. The third kappa shape index (κ3) is 4.71. The maximum absolute atomic E-state index is 12.8. The van der Waals surface area contributed by atoms with Gasteiger partial charge in [0, 0.05) is 10.4 Å². The van der Waals surface area contributed by atoms with Gasteiger partial charge in [-0.15, -0.1) is 11.3 Å². The van der Waals surface area contributed by atoms with Crippen LogP contribution in [0.25, 0.3) is 0 Å². The van der Waals surface area contributed by atoms with Gasteiger partial charge in [-0.05, 0) is 29.1 Å². The van der Waals surface area contributed by atoms with Gasteiger partial charge in [-0.3, -0.25) is 4.79 Å². The lowest BCUT2D eigenvalue weighted by Crippen LogP contribution is -2.24. The predicted octanol–water partition coefficient (Wildman–Crippen LogP) is 2.06. The molecular formula is C16H15FN2OS. The number of rotatable bonds is 4. The zero-order valence-electron chi connectivity index (χ0n) is 11.4. The molecule has 0 unspecified atom stereocenters. The van der Waals surface area contributed by atoms with Gasteiger partial charge in [0.25, 0.3) is 0 Å². The van der Waals surface area contributed by atoms with E-state index >= 15 is 0 Å². The van der Waals surface area contributed by atoms with Crippen LogP contribution in [0.1, 0.15) is 16.0 Å². The molecule has 0 saturated heterocycles. The molecule has 0 atom stereocenters. The van der Waals surface area contributed by atoms with Crippen molar-refractivity contribution in [2.45, 2.75) is 13.0 Å². The number of amides is 1. The minimum absolute atomic E-state index is 0.104. The van der Waals surface area contributed by atoms with Crippen molar-refractivity contribution in [1.29, 1.82) is 0 Å². The van der Waals surface area contributed by atoms with Gasteiger partial charge in [0.1, 0.15) is 5.82 Å². The molecule has 1 aromatic heterocycles. The Kier molecular flexibility index (Phi) is 5.50. The number of hydrogen-bond donors (Lipinski definition) is 2. The van der Waals surface area contributed by atoms with E-state index in [1.807, 2.05) is 11.4 Å². The molecule has 2 aromatic rings. The van der Waals surface area contributed by atoms with Crippen LogP contribution in [0.2, 0.25) is 0 Å². The fourth-order valence-corrected chi connectivity index (χ4v) is 2.53. The average Bonchev–Trinajstić information content (AvgIpc) is 2.93. The Bertz CT molecular complexity index is 668. The Balaban J connectivity index is 1.89. The molecule has 0 fully saturated rings. The SMILES string of the molecule is NCC#Cc1ccsc1CNC(=O)Cc1ccc(F)cc1. The van der Waals surface area contributed by atoms with Crippen LogP contribution in [0.5, 0.6) is 0 Å². The van der Waals surface area contributed by atoms with E-state index in [1.54, 1.807) is 23.5 Å². The summed E-state index contributed by atoms with van der Waals surface area (Å²) in [5.74, 6) is 5.37. The van der Waals surface area contributed by atoms with Crippen molar-refractivity contribution in [2.75, 3.05) is 6.54 Å². The second-order valence-electron chi connectivity index (χ2n) is 4.34. The Labute approximate surface area is 127 Å². The first-order chi connectivity index (χ1) is 10.2. The number of carbonyl (C=O) groups is 1. The molecule has 2 rings (SSSR count). The molecule has 3 nitrogen and oxygen atoms in total. The smallest absolute Gasteiger partial charge is 0.224 e. The Morgan fingerprint density at radius 2 is 2.05 bits per heavy atom. The van der Waals surface area contributed by atoms with Crippen LogP contribution in [-0.2, 0) is 17.8 Å². The van der Waals surface area contributed by atoms with E-state index in [2.05, 4.69) is 17.2 Å². The molecule has 0 bridgehead atoms. The first kappa shape index (κ1) is 15.2. The summed E-state index contributed by atoms with van der Waals surface area (Å²) in [4.78, 5) is 12.9. The minimum Gasteiger partial charge on any atom is -0.351 e. The lowest BCUT2D eigenvalue weighted by atomic mass is 10.1. The lowest BCUT2D eigenvalue weighted by Gasteiger charge is -2.04. The number of benzene rings is 1. The van der Waals surface area contributed by atoms with E-state index in [0.717, 1.165) is 16.0 Å². The third-order valence-electron chi connectivity index (χ3n) is 2.79. The van der Waals surface area contributed by atoms with Gasteiger partial charge in [0.15, 0.2) is 0 Å².